The third-order valence-corrected chi connectivity index (χ3v) is 2.64. The van der Waals surface area contributed by atoms with Crippen molar-refractivity contribution >= 4 is 34.9 Å². The van der Waals surface area contributed by atoms with Crippen LogP contribution in [0.2, 0.25) is 10.0 Å². The van der Waals surface area contributed by atoms with Crippen molar-refractivity contribution in [1.82, 2.24) is 5.48 Å². The molecule has 1 aromatic rings. The second-order valence-electron chi connectivity index (χ2n) is 3.40. The van der Waals surface area contributed by atoms with Gasteiger partial charge in [0.1, 0.15) is 0 Å². The van der Waals surface area contributed by atoms with Gasteiger partial charge in [0.05, 0.1) is 10.7 Å². The standard InChI is InChI=1S/C11H9Cl2NO3/c1-6(15)16-11-5-10(14-17-11)8-3-2-7(12)4-9(8)13/h2-5,11,14H,1H3. The molecule has 0 bridgehead atoms. The van der Waals surface area contributed by atoms with Crippen LogP contribution in [0.4, 0.5) is 0 Å². The predicted octanol–water partition coefficient (Wildman–Crippen LogP) is 2.76. The van der Waals surface area contributed by atoms with Crippen LogP contribution >= 0.6 is 23.2 Å². The van der Waals surface area contributed by atoms with Crippen LogP contribution in [0.3, 0.4) is 0 Å². The van der Waals surface area contributed by atoms with E-state index in [0.29, 0.717) is 15.7 Å². The monoisotopic (exact) mass is 273 g/mol. The van der Waals surface area contributed by atoms with Crippen LogP contribution in [0.1, 0.15) is 12.5 Å². The molecule has 0 spiro atoms. The lowest BCUT2D eigenvalue weighted by atomic mass is 10.1. The highest BCUT2D eigenvalue weighted by molar-refractivity contribution is 6.35. The molecule has 1 aliphatic heterocycles. The zero-order chi connectivity index (χ0) is 12.4. The van der Waals surface area contributed by atoms with Gasteiger partial charge in [-0.05, 0) is 18.2 Å². The van der Waals surface area contributed by atoms with E-state index in [1.54, 1.807) is 24.3 Å². The number of ether oxygens (including phenoxy) is 1. The number of hydroxylamine groups is 1. The first kappa shape index (κ1) is 12.2. The van der Waals surface area contributed by atoms with Gasteiger partial charge in [-0.25, -0.2) is 4.84 Å². The highest BCUT2D eigenvalue weighted by atomic mass is 35.5. The summed E-state index contributed by atoms with van der Waals surface area (Å²) < 4.78 is 4.86. The van der Waals surface area contributed by atoms with Crippen LogP contribution in [0, 0.1) is 0 Å². The average molecular weight is 274 g/mol. The number of benzene rings is 1. The second-order valence-corrected chi connectivity index (χ2v) is 4.25. The van der Waals surface area contributed by atoms with E-state index in [4.69, 9.17) is 32.8 Å². The van der Waals surface area contributed by atoms with Crippen molar-refractivity contribution in [2.75, 3.05) is 0 Å². The van der Waals surface area contributed by atoms with E-state index >= 15 is 0 Å². The maximum absolute atomic E-state index is 10.8. The molecule has 1 unspecified atom stereocenters. The number of nitrogens with one attached hydrogen (secondary N) is 1. The van der Waals surface area contributed by atoms with Gasteiger partial charge in [0.2, 0.25) is 6.29 Å². The number of carbonyl (C=O) groups excluding carboxylic acids is 1. The summed E-state index contributed by atoms with van der Waals surface area (Å²) >= 11 is 11.8. The highest BCUT2D eigenvalue weighted by Gasteiger charge is 2.21. The van der Waals surface area contributed by atoms with Crippen molar-refractivity contribution in [3.63, 3.8) is 0 Å². The molecule has 0 saturated carbocycles. The van der Waals surface area contributed by atoms with Crippen LogP contribution in [0.5, 0.6) is 0 Å². The summed E-state index contributed by atoms with van der Waals surface area (Å²) in [6, 6.07) is 5.09. The Balaban J connectivity index is 2.21. The molecule has 4 nitrogen and oxygen atoms in total. The molecular weight excluding hydrogens is 265 g/mol. The predicted molar refractivity (Wildman–Crippen MR) is 64.2 cm³/mol. The molecule has 0 fully saturated rings. The Labute approximate surface area is 108 Å². The molecule has 2 rings (SSSR count). The largest absolute Gasteiger partial charge is 0.430 e. The first-order chi connectivity index (χ1) is 8.06. The number of halogens is 2. The Hall–Kier alpha value is -1.23. The summed E-state index contributed by atoms with van der Waals surface area (Å²) in [5.41, 5.74) is 4.01. The van der Waals surface area contributed by atoms with E-state index in [-0.39, 0.29) is 0 Å². The van der Waals surface area contributed by atoms with Crippen molar-refractivity contribution in [2.45, 2.75) is 13.2 Å². The number of rotatable bonds is 2. The number of esters is 1. The number of hydrogen-bond donors (Lipinski definition) is 1. The van der Waals surface area contributed by atoms with E-state index in [0.717, 1.165) is 5.56 Å². The molecule has 1 atom stereocenters. The lowest BCUT2D eigenvalue weighted by Gasteiger charge is -2.07. The first-order valence-corrected chi connectivity index (χ1v) is 5.58. The molecule has 90 valence electrons. The summed E-state index contributed by atoms with van der Waals surface area (Å²) in [4.78, 5) is 15.8. The fraction of sp³-hybridized carbons (Fsp3) is 0.182. The summed E-state index contributed by atoms with van der Waals surface area (Å²) in [7, 11) is 0. The smallest absolute Gasteiger partial charge is 0.305 e. The molecule has 1 heterocycles. The molecule has 6 heteroatoms. The van der Waals surface area contributed by atoms with Gasteiger partial charge >= 0.3 is 5.97 Å². The van der Waals surface area contributed by atoms with Crippen LogP contribution in [-0.2, 0) is 14.4 Å². The Bertz CT molecular complexity index is 488. The van der Waals surface area contributed by atoms with Crippen molar-refractivity contribution in [1.29, 1.82) is 0 Å². The Morgan fingerprint density at radius 2 is 2.24 bits per heavy atom. The molecule has 1 aromatic carbocycles. The average Bonchev–Trinajstić information content (AvgIpc) is 2.65. The molecule has 0 aliphatic carbocycles. The van der Waals surface area contributed by atoms with Crippen molar-refractivity contribution < 1.29 is 14.4 Å². The maximum atomic E-state index is 10.8. The fourth-order valence-electron chi connectivity index (χ4n) is 1.40. The van der Waals surface area contributed by atoms with Gasteiger partial charge in [-0.2, -0.15) is 0 Å². The maximum Gasteiger partial charge on any atom is 0.305 e. The Morgan fingerprint density at radius 1 is 1.47 bits per heavy atom. The zero-order valence-electron chi connectivity index (χ0n) is 8.87. The minimum absolute atomic E-state index is 0.420. The van der Waals surface area contributed by atoms with E-state index in [9.17, 15) is 4.79 Å². The zero-order valence-corrected chi connectivity index (χ0v) is 10.4. The molecule has 0 radical (unpaired) electrons. The minimum atomic E-state index is -0.741. The third kappa shape index (κ3) is 2.91. The second kappa shape index (κ2) is 4.96. The SMILES string of the molecule is CC(=O)OC1C=C(c2ccc(Cl)cc2Cl)NO1. The van der Waals surface area contributed by atoms with Gasteiger partial charge in [-0.1, -0.05) is 23.2 Å². The van der Waals surface area contributed by atoms with Gasteiger partial charge in [-0.15, -0.1) is 0 Å². The van der Waals surface area contributed by atoms with Crippen molar-refractivity contribution in [2.24, 2.45) is 0 Å². The van der Waals surface area contributed by atoms with Crippen LogP contribution in [-0.4, -0.2) is 12.3 Å². The normalized spacial score (nSPS) is 18.5. The lowest BCUT2D eigenvalue weighted by Crippen LogP contribution is -2.17. The van der Waals surface area contributed by atoms with E-state index in [1.807, 2.05) is 0 Å². The van der Waals surface area contributed by atoms with Crippen LogP contribution in [0.15, 0.2) is 24.3 Å². The van der Waals surface area contributed by atoms with Gasteiger partial charge in [0.25, 0.3) is 0 Å². The fourth-order valence-corrected chi connectivity index (χ4v) is 1.91. The summed E-state index contributed by atoms with van der Waals surface area (Å²) in [6.45, 7) is 1.31. The number of carbonyl (C=O) groups is 1. The topological polar surface area (TPSA) is 47.6 Å². The summed E-state index contributed by atoms with van der Waals surface area (Å²) in [5.74, 6) is -0.420. The van der Waals surface area contributed by atoms with Gasteiger partial charge in [0, 0.05) is 23.6 Å². The molecular formula is C11H9Cl2NO3. The molecule has 0 saturated heterocycles. The summed E-state index contributed by atoms with van der Waals surface area (Å²) in [6.07, 6.45) is 0.880. The minimum Gasteiger partial charge on any atom is -0.430 e. The first-order valence-electron chi connectivity index (χ1n) is 4.82. The van der Waals surface area contributed by atoms with E-state index in [1.165, 1.54) is 6.92 Å². The van der Waals surface area contributed by atoms with Gasteiger partial charge in [0.15, 0.2) is 0 Å². The molecule has 0 aromatic heterocycles. The van der Waals surface area contributed by atoms with E-state index < -0.39 is 12.3 Å². The van der Waals surface area contributed by atoms with Gasteiger partial charge in [-0.3, -0.25) is 10.3 Å². The molecule has 1 aliphatic rings. The Kier molecular flexibility index (Phi) is 3.57. The molecule has 0 amide bonds. The lowest BCUT2D eigenvalue weighted by molar-refractivity contribution is -0.169. The molecule has 17 heavy (non-hydrogen) atoms. The summed E-state index contributed by atoms with van der Waals surface area (Å²) in [5, 5.41) is 1.04. The van der Waals surface area contributed by atoms with Crippen LogP contribution < -0.4 is 5.48 Å². The van der Waals surface area contributed by atoms with Gasteiger partial charge < -0.3 is 4.74 Å². The van der Waals surface area contributed by atoms with Crippen LogP contribution in [0.25, 0.3) is 5.70 Å². The number of hydrogen-bond acceptors (Lipinski definition) is 4. The quantitative estimate of drug-likeness (QED) is 0.842. The van der Waals surface area contributed by atoms with Crippen molar-refractivity contribution in [3.05, 3.63) is 39.9 Å². The Morgan fingerprint density at radius 3 is 2.88 bits per heavy atom. The van der Waals surface area contributed by atoms with E-state index in [2.05, 4.69) is 5.48 Å². The highest BCUT2D eigenvalue weighted by Crippen LogP contribution is 2.28. The van der Waals surface area contributed by atoms with Crippen molar-refractivity contribution in [3.8, 4) is 0 Å². The third-order valence-electron chi connectivity index (χ3n) is 2.09. The molecule has 1 N–H and O–H groups in total.